The molecule has 0 fully saturated rings. The highest BCUT2D eigenvalue weighted by molar-refractivity contribution is 5.03. The lowest BCUT2D eigenvalue weighted by Crippen LogP contribution is -2.27. The third kappa shape index (κ3) is 4.38. The molecule has 0 aliphatic heterocycles. The van der Waals surface area contributed by atoms with Gasteiger partial charge in [0.2, 0.25) is 0 Å². The van der Waals surface area contributed by atoms with Gasteiger partial charge in [-0.3, -0.25) is 4.98 Å². The minimum atomic E-state index is 0.628. The molecule has 1 atom stereocenters. The first-order valence-corrected chi connectivity index (χ1v) is 5.46. The molecule has 2 nitrogen and oxygen atoms in total. The van der Waals surface area contributed by atoms with Gasteiger partial charge in [-0.2, -0.15) is 0 Å². The normalized spacial score (nSPS) is 12.7. The second-order valence-corrected chi connectivity index (χ2v) is 3.71. The first-order chi connectivity index (χ1) is 6.83. The Morgan fingerprint density at radius 1 is 1.43 bits per heavy atom. The van der Waals surface area contributed by atoms with E-state index in [0.29, 0.717) is 6.04 Å². The summed E-state index contributed by atoms with van der Waals surface area (Å²) in [6.45, 7) is 5.48. The fourth-order valence-corrected chi connectivity index (χ4v) is 1.53. The van der Waals surface area contributed by atoms with Crippen molar-refractivity contribution in [3.05, 3.63) is 30.1 Å². The lowest BCUT2D eigenvalue weighted by Gasteiger charge is -2.11. The average molecular weight is 192 g/mol. The minimum Gasteiger partial charge on any atom is -0.314 e. The topological polar surface area (TPSA) is 24.9 Å². The van der Waals surface area contributed by atoms with Gasteiger partial charge in [-0.1, -0.05) is 19.4 Å². The number of hydrogen-bond acceptors (Lipinski definition) is 2. The Morgan fingerprint density at radius 2 is 2.29 bits per heavy atom. The quantitative estimate of drug-likeness (QED) is 0.748. The molecular formula is C12H20N2. The Bertz CT molecular complexity index is 233. The number of hydrogen-bond donors (Lipinski definition) is 1. The average Bonchev–Trinajstić information content (AvgIpc) is 2.20. The molecule has 14 heavy (non-hydrogen) atoms. The highest BCUT2D eigenvalue weighted by Gasteiger charge is 1.99. The lowest BCUT2D eigenvalue weighted by atomic mass is 10.2. The van der Waals surface area contributed by atoms with Gasteiger partial charge in [0, 0.05) is 30.9 Å². The van der Waals surface area contributed by atoms with Crippen molar-refractivity contribution in [2.75, 3.05) is 6.54 Å². The predicted octanol–water partition coefficient (Wildman–Crippen LogP) is 2.40. The number of aromatic nitrogens is 1. The molecule has 1 heterocycles. The summed E-state index contributed by atoms with van der Waals surface area (Å²) in [6, 6.07) is 6.70. The van der Waals surface area contributed by atoms with E-state index in [-0.39, 0.29) is 0 Å². The van der Waals surface area contributed by atoms with Gasteiger partial charge < -0.3 is 5.32 Å². The molecule has 0 unspecified atom stereocenters. The van der Waals surface area contributed by atoms with Crippen molar-refractivity contribution in [2.45, 2.75) is 39.2 Å². The van der Waals surface area contributed by atoms with Gasteiger partial charge in [0.25, 0.3) is 0 Å². The molecule has 2 heteroatoms. The zero-order valence-electron chi connectivity index (χ0n) is 9.16. The molecule has 1 rings (SSSR count). The number of nitrogens with one attached hydrogen (secondary N) is 1. The maximum atomic E-state index is 4.28. The van der Waals surface area contributed by atoms with Crippen LogP contribution in [-0.2, 0) is 6.42 Å². The van der Waals surface area contributed by atoms with E-state index in [1.54, 1.807) is 0 Å². The molecule has 78 valence electrons. The standard InChI is InChI=1S/C12H20N2/c1-3-6-11(2)13-10-8-12-7-4-5-9-14-12/h4-5,7,9,11,13H,3,6,8,10H2,1-2H3/t11-/m1/s1. The molecule has 1 N–H and O–H groups in total. The zero-order chi connectivity index (χ0) is 10.2. The van der Waals surface area contributed by atoms with Crippen LogP contribution in [0.2, 0.25) is 0 Å². The summed E-state index contributed by atoms with van der Waals surface area (Å²) in [5.41, 5.74) is 1.17. The Balaban J connectivity index is 2.16. The van der Waals surface area contributed by atoms with Crippen LogP contribution in [-0.4, -0.2) is 17.6 Å². The van der Waals surface area contributed by atoms with E-state index in [4.69, 9.17) is 0 Å². The van der Waals surface area contributed by atoms with E-state index >= 15 is 0 Å². The minimum absolute atomic E-state index is 0.628. The Morgan fingerprint density at radius 3 is 2.93 bits per heavy atom. The van der Waals surface area contributed by atoms with E-state index in [1.807, 2.05) is 18.3 Å². The fraction of sp³-hybridized carbons (Fsp3) is 0.583. The van der Waals surface area contributed by atoms with Gasteiger partial charge in [0.05, 0.1) is 0 Å². The first-order valence-electron chi connectivity index (χ1n) is 5.46. The summed E-state index contributed by atoms with van der Waals surface area (Å²) in [5, 5.41) is 3.49. The van der Waals surface area contributed by atoms with Gasteiger partial charge in [0.15, 0.2) is 0 Å². The van der Waals surface area contributed by atoms with Gasteiger partial charge in [-0.15, -0.1) is 0 Å². The van der Waals surface area contributed by atoms with Gasteiger partial charge in [0.1, 0.15) is 0 Å². The van der Waals surface area contributed by atoms with Crippen LogP contribution in [0, 0.1) is 0 Å². The highest BCUT2D eigenvalue weighted by atomic mass is 14.9. The van der Waals surface area contributed by atoms with Gasteiger partial charge >= 0.3 is 0 Å². The molecule has 0 radical (unpaired) electrons. The van der Waals surface area contributed by atoms with Crippen molar-refractivity contribution < 1.29 is 0 Å². The molecule has 0 aliphatic carbocycles. The van der Waals surface area contributed by atoms with E-state index in [0.717, 1.165) is 13.0 Å². The van der Waals surface area contributed by atoms with Crippen molar-refractivity contribution >= 4 is 0 Å². The molecule has 0 bridgehead atoms. The summed E-state index contributed by atoms with van der Waals surface area (Å²) >= 11 is 0. The van der Waals surface area contributed by atoms with Crippen molar-refractivity contribution in [2.24, 2.45) is 0 Å². The predicted molar refractivity (Wildman–Crippen MR) is 60.3 cm³/mol. The Kier molecular flexibility index (Phi) is 5.23. The van der Waals surface area contributed by atoms with Crippen LogP contribution in [0.1, 0.15) is 32.4 Å². The summed E-state index contributed by atoms with van der Waals surface area (Å²) in [5.74, 6) is 0. The Labute approximate surface area is 86.8 Å². The smallest absolute Gasteiger partial charge is 0.0416 e. The molecule has 0 spiro atoms. The van der Waals surface area contributed by atoms with Crippen molar-refractivity contribution in [3.8, 4) is 0 Å². The summed E-state index contributed by atoms with van der Waals surface area (Å²) in [7, 11) is 0. The third-order valence-electron chi connectivity index (χ3n) is 2.32. The van der Waals surface area contributed by atoms with Crippen LogP contribution < -0.4 is 5.32 Å². The molecule has 0 saturated heterocycles. The first kappa shape index (κ1) is 11.2. The summed E-state index contributed by atoms with van der Waals surface area (Å²) < 4.78 is 0. The summed E-state index contributed by atoms with van der Waals surface area (Å²) in [6.07, 6.45) is 5.37. The van der Waals surface area contributed by atoms with Crippen molar-refractivity contribution in [1.82, 2.24) is 10.3 Å². The van der Waals surface area contributed by atoms with Crippen LogP contribution in [0.4, 0.5) is 0 Å². The van der Waals surface area contributed by atoms with Crippen LogP contribution >= 0.6 is 0 Å². The van der Waals surface area contributed by atoms with E-state index in [9.17, 15) is 0 Å². The molecule has 1 aromatic rings. The summed E-state index contributed by atoms with van der Waals surface area (Å²) in [4.78, 5) is 4.28. The van der Waals surface area contributed by atoms with Crippen molar-refractivity contribution in [1.29, 1.82) is 0 Å². The maximum Gasteiger partial charge on any atom is 0.0416 e. The van der Waals surface area contributed by atoms with Gasteiger partial charge in [-0.25, -0.2) is 0 Å². The van der Waals surface area contributed by atoms with Crippen molar-refractivity contribution in [3.63, 3.8) is 0 Å². The second kappa shape index (κ2) is 6.55. The van der Waals surface area contributed by atoms with Crippen LogP contribution in [0.3, 0.4) is 0 Å². The number of rotatable bonds is 6. The number of nitrogens with zero attached hydrogens (tertiary/aromatic N) is 1. The fourth-order valence-electron chi connectivity index (χ4n) is 1.53. The monoisotopic (exact) mass is 192 g/mol. The van der Waals surface area contributed by atoms with E-state index < -0.39 is 0 Å². The SMILES string of the molecule is CCC[C@@H](C)NCCc1ccccn1. The van der Waals surface area contributed by atoms with Crippen LogP contribution in [0.5, 0.6) is 0 Å². The highest BCUT2D eigenvalue weighted by Crippen LogP contribution is 1.96. The van der Waals surface area contributed by atoms with E-state index in [2.05, 4.69) is 30.2 Å². The molecule has 0 amide bonds. The maximum absolute atomic E-state index is 4.28. The molecule has 0 aliphatic rings. The van der Waals surface area contributed by atoms with Gasteiger partial charge in [-0.05, 0) is 25.5 Å². The number of pyridine rings is 1. The molecule has 0 saturated carbocycles. The third-order valence-corrected chi connectivity index (χ3v) is 2.32. The van der Waals surface area contributed by atoms with E-state index in [1.165, 1.54) is 18.5 Å². The lowest BCUT2D eigenvalue weighted by molar-refractivity contribution is 0.510. The van der Waals surface area contributed by atoms with Crippen LogP contribution in [0.25, 0.3) is 0 Å². The second-order valence-electron chi connectivity index (χ2n) is 3.71. The molecular weight excluding hydrogens is 172 g/mol. The molecule has 0 aromatic carbocycles. The largest absolute Gasteiger partial charge is 0.314 e. The Hall–Kier alpha value is -0.890. The zero-order valence-corrected chi connectivity index (χ0v) is 9.16. The van der Waals surface area contributed by atoms with Crippen LogP contribution in [0.15, 0.2) is 24.4 Å². The molecule has 1 aromatic heterocycles.